The second-order valence-corrected chi connectivity index (χ2v) is 7.68. The Morgan fingerprint density at radius 2 is 1.32 bits per heavy atom. The van der Waals surface area contributed by atoms with Gasteiger partial charge >= 0.3 is 11.9 Å². The molecule has 0 aromatic heterocycles. The number of aliphatic carboxylic acids is 2. The van der Waals surface area contributed by atoms with Crippen LogP contribution in [0.2, 0.25) is 0 Å². The maximum atomic E-state index is 12.8. The van der Waals surface area contributed by atoms with Crippen LogP contribution in [0.4, 0.5) is 0 Å². The maximum absolute atomic E-state index is 12.8. The molecule has 0 aromatic rings. The predicted octanol–water partition coefficient (Wildman–Crippen LogP) is -1.48. The summed E-state index contributed by atoms with van der Waals surface area (Å²) < 4.78 is 0. The van der Waals surface area contributed by atoms with E-state index >= 15 is 0 Å². The van der Waals surface area contributed by atoms with Crippen molar-refractivity contribution < 1.29 is 34.2 Å². The Labute approximate surface area is 181 Å². The average Bonchev–Trinajstić information content (AvgIpc) is 2.68. The van der Waals surface area contributed by atoms with E-state index in [1.165, 1.54) is 6.92 Å². The molecule has 0 aliphatic carbocycles. The fourth-order valence-corrected chi connectivity index (χ4v) is 2.52. The summed E-state index contributed by atoms with van der Waals surface area (Å²) in [4.78, 5) is 59.4. The molecule has 0 bridgehead atoms. The lowest BCUT2D eigenvalue weighted by molar-refractivity contribution is -0.142. The molecule has 4 unspecified atom stereocenters. The minimum Gasteiger partial charge on any atom is -0.481 e. The van der Waals surface area contributed by atoms with Gasteiger partial charge in [0.15, 0.2) is 0 Å². The van der Waals surface area contributed by atoms with Crippen LogP contribution in [-0.2, 0) is 24.0 Å². The molecule has 0 radical (unpaired) electrons. The smallest absolute Gasteiger partial charge is 0.325 e. The third-order valence-electron chi connectivity index (χ3n) is 4.61. The Balaban J connectivity index is 5.40. The highest BCUT2D eigenvalue weighted by molar-refractivity contribution is 5.94. The number of amides is 3. The summed E-state index contributed by atoms with van der Waals surface area (Å²) in [5.74, 6) is -4.71. The zero-order valence-corrected chi connectivity index (χ0v) is 18.2. The number of carboxylic acid groups (broad SMARTS) is 2. The standard InChI is InChI=1S/C19H35N5O7/c1-10(2)15(21)18(29)24-12(6-4-5-9-20)17(28)23-13(7-8-14(25)26)16(27)22-11(3)19(30)31/h10-13,15H,4-9,20-21H2,1-3H3,(H,22,27)(H,23,28)(H,24,29)(H,25,26)(H,30,31). The molecule has 0 rings (SSSR count). The molecular formula is C19H35N5O7. The molecule has 9 N–H and O–H groups in total. The average molecular weight is 446 g/mol. The van der Waals surface area contributed by atoms with Gasteiger partial charge in [0, 0.05) is 6.42 Å². The van der Waals surface area contributed by atoms with Crippen LogP contribution in [0.25, 0.3) is 0 Å². The Hall–Kier alpha value is -2.73. The normalized spacial score (nSPS) is 14.8. The van der Waals surface area contributed by atoms with E-state index in [-0.39, 0.29) is 18.8 Å². The number of carboxylic acids is 2. The zero-order chi connectivity index (χ0) is 24.1. The van der Waals surface area contributed by atoms with E-state index in [1.807, 2.05) is 0 Å². The van der Waals surface area contributed by atoms with Crippen molar-refractivity contribution in [2.75, 3.05) is 6.54 Å². The van der Waals surface area contributed by atoms with Crippen LogP contribution in [-0.4, -0.2) is 70.6 Å². The molecule has 0 saturated carbocycles. The van der Waals surface area contributed by atoms with Gasteiger partial charge < -0.3 is 37.6 Å². The molecule has 0 aromatic carbocycles. The monoisotopic (exact) mass is 445 g/mol. The lowest BCUT2D eigenvalue weighted by Crippen LogP contribution is -2.57. The second-order valence-electron chi connectivity index (χ2n) is 7.68. The zero-order valence-electron chi connectivity index (χ0n) is 18.2. The lowest BCUT2D eigenvalue weighted by Gasteiger charge is -2.25. The highest BCUT2D eigenvalue weighted by Crippen LogP contribution is 2.06. The molecule has 0 fully saturated rings. The topological polar surface area (TPSA) is 214 Å². The van der Waals surface area contributed by atoms with E-state index in [2.05, 4.69) is 16.0 Å². The summed E-state index contributed by atoms with van der Waals surface area (Å²) in [6.07, 6.45) is 0.678. The summed E-state index contributed by atoms with van der Waals surface area (Å²) in [6.45, 7) is 5.14. The molecule has 3 amide bonds. The molecule has 12 nitrogen and oxygen atoms in total. The fraction of sp³-hybridized carbons (Fsp3) is 0.737. The molecule has 4 atom stereocenters. The molecule has 12 heteroatoms. The molecule has 178 valence electrons. The Morgan fingerprint density at radius 3 is 1.81 bits per heavy atom. The highest BCUT2D eigenvalue weighted by Gasteiger charge is 2.30. The number of carbonyl (C=O) groups is 5. The largest absolute Gasteiger partial charge is 0.481 e. The summed E-state index contributed by atoms with van der Waals surface area (Å²) in [5.41, 5.74) is 11.3. The molecule has 0 aliphatic heterocycles. The molecular weight excluding hydrogens is 410 g/mol. The van der Waals surface area contributed by atoms with Crippen LogP contribution in [0, 0.1) is 5.92 Å². The van der Waals surface area contributed by atoms with E-state index in [0.29, 0.717) is 19.4 Å². The van der Waals surface area contributed by atoms with Crippen molar-refractivity contribution in [2.45, 2.75) is 77.0 Å². The van der Waals surface area contributed by atoms with Crippen LogP contribution < -0.4 is 27.4 Å². The van der Waals surface area contributed by atoms with Gasteiger partial charge in [-0.25, -0.2) is 0 Å². The Bertz CT molecular complexity index is 641. The van der Waals surface area contributed by atoms with Gasteiger partial charge in [0.05, 0.1) is 6.04 Å². The van der Waals surface area contributed by atoms with Crippen molar-refractivity contribution >= 4 is 29.7 Å². The molecule has 0 heterocycles. The van der Waals surface area contributed by atoms with Crippen LogP contribution in [0.15, 0.2) is 0 Å². The van der Waals surface area contributed by atoms with Gasteiger partial charge in [0.1, 0.15) is 18.1 Å². The SMILES string of the molecule is CC(NC(=O)C(CCC(=O)O)NC(=O)C(CCCCN)NC(=O)C(N)C(C)C)C(=O)O. The number of hydrogen-bond acceptors (Lipinski definition) is 7. The first-order chi connectivity index (χ1) is 14.4. The predicted molar refractivity (Wildman–Crippen MR) is 112 cm³/mol. The van der Waals surface area contributed by atoms with Gasteiger partial charge in [-0.3, -0.25) is 24.0 Å². The van der Waals surface area contributed by atoms with Gasteiger partial charge in [-0.15, -0.1) is 0 Å². The van der Waals surface area contributed by atoms with Crippen molar-refractivity contribution in [3.8, 4) is 0 Å². The summed E-state index contributed by atoms with van der Waals surface area (Å²) in [6, 6.07) is -4.38. The molecule has 0 spiro atoms. The van der Waals surface area contributed by atoms with E-state index in [1.54, 1.807) is 13.8 Å². The van der Waals surface area contributed by atoms with E-state index < -0.39 is 60.2 Å². The number of carbonyl (C=O) groups excluding carboxylic acids is 3. The van der Waals surface area contributed by atoms with Gasteiger partial charge in [0.2, 0.25) is 17.7 Å². The van der Waals surface area contributed by atoms with Gasteiger partial charge in [-0.05, 0) is 45.1 Å². The van der Waals surface area contributed by atoms with Crippen LogP contribution in [0.5, 0.6) is 0 Å². The first-order valence-corrected chi connectivity index (χ1v) is 10.2. The summed E-state index contributed by atoms with van der Waals surface area (Å²) in [7, 11) is 0. The van der Waals surface area contributed by atoms with Crippen LogP contribution >= 0.6 is 0 Å². The van der Waals surface area contributed by atoms with E-state index in [0.717, 1.165) is 0 Å². The summed E-state index contributed by atoms with van der Waals surface area (Å²) in [5, 5.41) is 25.1. The lowest BCUT2D eigenvalue weighted by atomic mass is 10.0. The van der Waals surface area contributed by atoms with Crippen molar-refractivity contribution in [1.82, 2.24) is 16.0 Å². The number of nitrogens with two attached hydrogens (primary N) is 2. The Morgan fingerprint density at radius 1 is 0.806 bits per heavy atom. The van der Waals surface area contributed by atoms with Crippen molar-refractivity contribution in [3.63, 3.8) is 0 Å². The second kappa shape index (κ2) is 14.3. The van der Waals surface area contributed by atoms with Crippen molar-refractivity contribution in [1.29, 1.82) is 0 Å². The maximum Gasteiger partial charge on any atom is 0.325 e. The number of unbranched alkanes of at least 4 members (excludes halogenated alkanes) is 1. The summed E-state index contributed by atoms with van der Waals surface area (Å²) >= 11 is 0. The third kappa shape index (κ3) is 11.3. The third-order valence-corrected chi connectivity index (χ3v) is 4.61. The van der Waals surface area contributed by atoms with Gasteiger partial charge in [-0.1, -0.05) is 13.8 Å². The number of nitrogens with one attached hydrogen (secondary N) is 3. The van der Waals surface area contributed by atoms with Crippen molar-refractivity contribution in [3.05, 3.63) is 0 Å². The van der Waals surface area contributed by atoms with Crippen molar-refractivity contribution in [2.24, 2.45) is 17.4 Å². The fourth-order valence-electron chi connectivity index (χ4n) is 2.52. The first-order valence-electron chi connectivity index (χ1n) is 10.2. The minimum atomic E-state index is -1.29. The van der Waals surface area contributed by atoms with Gasteiger partial charge in [-0.2, -0.15) is 0 Å². The minimum absolute atomic E-state index is 0.167. The molecule has 0 aliphatic rings. The number of hydrogen-bond donors (Lipinski definition) is 7. The van der Waals surface area contributed by atoms with Crippen LogP contribution in [0.1, 0.15) is 52.9 Å². The highest BCUT2D eigenvalue weighted by atomic mass is 16.4. The quantitative estimate of drug-likeness (QED) is 0.146. The van der Waals surface area contributed by atoms with Crippen LogP contribution in [0.3, 0.4) is 0 Å². The first kappa shape index (κ1) is 28.3. The Kier molecular flexibility index (Phi) is 13.0. The number of rotatable bonds is 15. The molecule has 0 saturated heterocycles. The van der Waals surface area contributed by atoms with E-state index in [9.17, 15) is 24.0 Å². The van der Waals surface area contributed by atoms with Gasteiger partial charge in [0.25, 0.3) is 0 Å². The molecule has 31 heavy (non-hydrogen) atoms. The van der Waals surface area contributed by atoms with E-state index in [4.69, 9.17) is 21.7 Å².